The Kier molecular flexibility index (Phi) is 3.90. The zero-order chi connectivity index (χ0) is 15.7. The molecular formula is C13H14N4O3S. The van der Waals surface area contributed by atoms with Crippen LogP contribution >= 0.6 is 11.3 Å². The molecule has 8 heteroatoms. The van der Waals surface area contributed by atoms with Crippen LogP contribution in [0.2, 0.25) is 0 Å². The summed E-state index contributed by atoms with van der Waals surface area (Å²) < 4.78 is 0. The minimum atomic E-state index is -0.600. The highest BCUT2D eigenvalue weighted by Gasteiger charge is 2.21. The number of rotatable bonds is 4. The Morgan fingerprint density at radius 3 is 2.62 bits per heavy atom. The fourth-order valence-electron chi connectivity index (χ4n) is 1.76. The van der Waals surface area contributed by atoms with Crippen molar-refractivity contribution in [3.63, 3.8) is 0 Å². The molecule has 7 nitrogen and oxygen atoms in total. The Hall–Kier alpha value is -2.48. The fourth-order valence-corrected chi connectivity index (χ4v) is 2.71. The first-order valence-electron chi connectivity index (χ1n) is 6.04. The minimum Gasteiger partial charge on any atom is -0.393 e. The monoisotopic (exact) mass is 306 g/mol. The number of nitrogens with two attached hydrogens (primary N) is 1. The van der Waals surface area contributed by atoms with Crippen molar-refractivity contribution in [1.82, 2.24) is 4.98 Å². The summed E-state index contributed by atoms with van der Waals surface area (Å²) in [4.78, 5) is 29.3. The lowest BCUT2D eigenvalue weighted by Crippen LogP contribution is -2.07. The third kappa shape index (κ3) is 2.84. The van der Waals surface area contributed by atoms with Gasteiger partial charge in [-0.3, -0.25) is 14.9 Å². The van der Waals surface area contributed by atoms with Crippen LogP contribution in [0.3, 0.4) is 0 Å². The highest BCUT2D eigenvalue weighted by molar-refractivity contribution is 7.17. The average Bonchev–Trinajstić information content (AvgIpc) is 2.80. The van der Waals surface area contributed by atoms with Gasteiger partial charge in [-0.15, -0.1) is 0 Å². The van der Waals surface area contributed by atoms with Crippen molar-refractivity contribution in [2.45, 2.75) is 6.92 Å². The third-order valence-corrected chi connectivity index (χ3v) is 4.19. The van der Waals surface area contributed by atoms with Crippen LogP contribution in [0.1, 0.15) is 20.9 Å². The molecule has 2 rings (SSSR count). The molecule has 0 bridgehead atoms. The summed E-state index contributed by atoms with van der Waals surface area (Å²) in [5, 5.41) is 11.6. The maximum atomic E-state index is 12.5. The van der Waals surface area contributed by atoms with Crippen molar-refractivity contribution in [2.75, 3.05) is 24.7 Å². The highest BCUT2D eigenvalue weighted by Crippen LogP contribution is 2.29. The molecule has 0 unspecified atom stereocenters. The van der Waals surface area contributed by atoms with Crippen molar-refractivity contribution in [3.05, 3.63) is 44.4 Å². The van der Waals surface area contributed by atoms with Crippen LogP contribution in [0.5, 0.6) is 0 Å². The molecule has 0 saturated heterocycles. The van der Waals surface area contributed by atoms with E-state index in [2.05, 4.69) is 4.98 Å². The van der Waals surface area contributed by atoms with Gasteiger partial charge in [0, 0.05) is 25.7 Å². The van der Waals surface area contributed by atoms with Gasteiger partial charge in [-0.2, -0.15) is 0 Å². The number of hydrogen-bond donors (Lipinski definition) is 1. The summed E-state index contributed by atoms with van der Waals surface area (Å²) in [6.45, 7) is 1.74. The van der Waals surface area contributed by atoms with Gasteiger partial charge in [-0.1, -0.05) is 11.3 Å². The minimum absolute atomic E-state index is 0.0338. The van der Waals surface area contributed by atoms with E-state index in [-0.39, 0.29) is 22.7 Å². The number of hydrogen-bond acceptors (Lipinski definition) is 7. The van der Waals surface area contributed by atoms with Crippen LogP contribution in [0.4, 0.5) is 16.5 Å². The van der Waals surface area contributed by atoms with E-state index < -0.39 is 4.92 Å². The number of nitrogen functional groups attached to an aromatic ring is 1. The topological polar surface area (TPSA) is 102 Å². The molecule has 1 heterocycles. The molecule has 21 heavy (non-hydrogen) atoms. The first kappa shape index (κ1) is 14.9. The quantitative estimate of drug-likeness (QED) is 0.402. The number of ketones is 1. The first-order chi connectivity index (χ1) is 9.81. The predicted molar refractivity (Wildman–Crippen MR) is 82.1 cm³/mol. The number of carbonyl (C=O) groups excluding carboxylic acids is 1. The number of thiazole rings is 1. The van der Waals surface area contributed by atoms with Gasteiger partial charge in [0.15, 0.2) is 5.13 Å². The molecule has 0 amide bonds. The lowest BCUT2D eigenvalue weighted by molar-refractivity contribution is -0.383. The van der Waals surface area contributed by atoms with Crippen molar-refractivity contribution < 1.29 is 9.72 Å². The van der Waals surface area contributed by atoms with Crippen LogP contribution in [-0.4, -0.2) is 29.8 Å². The molecule has 1 aromatic heterocycles. The second-order valence-corrected chi connectivity index (χ2v) is 5.64. The SMILES string of the molecule is Cc1nc(N(C)C)sc1C(=O)c1ccc(N)c([N+](=O)[O-])c1. The number of nitro benzene ring substituents is 1. The van der Waals surface area contributed by atoms with Crippen molar-refractivity contribution in [2.24, 2.45) is 0 Å². The molecule has 1 aromatic carbocycles. The Balaban J connectivity index is 2.45. The smallest absolute Gasteiger partial charge is 0.292 e. The van der Waals surface area contributed by atoms with Gasteiger partial charge in [0.05, 0.1) is 15.5 Å². The highest BCUT2D eigenvalue weighted by atomic mass is 32.1. The van der Waals surface area contributed by atoms with E-state index in [1.807, 2.05) is 14.1 Å². The number of aryl methyl sites for hydroxylation is 1. The second-order valence-electron chi connectivity index (χ2n) is 4.67. The van der Waals surface area contributed by atoms with Gasteiger partial charge in [0.2, 0.25) is 5.78 Å². The van der Waals surface area contributed by atoms with Gasteiger partial charge in [-0.25, -0.2) is 4.98 Å². The van der Waals surface area contributed by atoms with E-state index >= 15 is 0 Å². The van der Waals surface area contributed by atoms with Gasteiger partial charge in [0.1, 0.15) is 5.69 Å². The Morgan fingerprint density at radius 1 is 1.43 bits per heavy atom. The summed E-state index contributed by atoms with van der Waals surface area (Å²) in [5.41, 5.74) is 6.13. The van der Waals surface area contributed by atoms with E-state index in [1.165, 1.54) is 29.5 Å². The maximum absolute atomic E-state index is 12.5. The molecule has 2 aromatic rings. The molecule has 0 atom stereocenters. The second kappa shape index (κ2) is 5.49. The normalized spacial score (nSPS) is 10.4. The largest absolute Gasteiger partial charge is 0.393 e. The number of aromatic nitrogens is 1. The van der Waals surface area contributed by atoms with E-state index in [4.69, 9.17) is 5.73 Å². The molecular weight excluding hydrogens is 292 g/mol. The van der Waals surface area contributed by atoms with Crippen LogP contribution in [-0.2, 0) is 0 Å². The Morgan fingerprint density at radius 2 is 2.10 bits per heavy atom. The van der Waals surface area contributed by atoms with Crippen LogP contribution < -0.4 is 10.6 Å². The van der Waals surface area contributed by atoms with Crippen LogP contribution in [0.15, 0.2) is 18.2 Å². The molecule has 0 fully saturated rings. The van der Waals surface area contributed by atoms with E-state index in [0.717, 1.165) is 0 Å². The molecule has 110 valence electrons. The molecule has 0 saturated carbocycles. The standard InChI is InChI=1S/C13H14N4O3S/c1-7-12(21-13(15-7)16(2)3)11(18)8-4-5-9(14)10(6-8)17(19)20/h4-6H,14H2,1-3H3. The number of carbonyl (C=O) groups is 1. The van der Waals surface area contributed by atoms with Crippen molar-refractivity contribution in [3.8, 4) is 0 Å². The number of nitro groups is 1. The zero-order valence-electron chi connectivity index (χ0n) is 11.8. The molecule has 0 aliphatic heterocycles. The molecule has 0 aliphatic rings. The molecule has 0 spiro atoms. The molecule has 0 aliphatic carbocycles. The van der Waals surface area contributed by atoms with Gasteiger partial charge < -0.3 is 10.6 Å². The summed E-state index contributed by atoms with van der Waals surface area (Å²) in [6.07, 6.45) is 0. The van der Waals surface area contributed by atoms with Crippen LogP contribution in [0.25, 0.3) is 0 Å². The number of nitrogens with zero attached hydrogens (tertiary/aromatic N) is 3. The lowest BCUT2D eigenvalue weighted by atomic mass is 10.1. The van der Waals surface area contributed by atoms with Gasteiger partial charge in [-0.05, 0) is 19.1 Å². The zero-order valence-corrected chi connectivity index (χ0v) is 12.6. The Bertz CT molecular complexity index is 724. The fraction of sp³-hybridized carbons (Fsp3) is 0.231. The lowest BCUT2D eigenvalue weighted by Gasteiger charge is -2.05. The van der Waals surface area contributed by atoms with E-state index in [0.29, 0.717) is 15.7 Å². The summed E-state index contributed by atoms with van der Waals surface area (Å²) in [6, 6.07) is 4.06. The summed E-state index contributed by atoms with van der Waals surface area (Å²) >= 11 is 1.25. The van der Waals surface area contributed by atoms with Crippen molar-refractivity contribution >= 4 is 33.6 Å². The van der Waals surface area contributed by atoms with Gasteiger partial charge in [0.25, 0.3) is 5.69 Å². The predicted octanol–water partition coefficient (Wildman–Crippen LogP) is 2.24. The first-order valence-corrected chi connectivity index (χ1v) is 6.86. The van der Waals surface area contributed by atoms with E-state index in [9.17, 15) is 14.9 Å². The van der Waals surface area contributed by atoms with Crippen molar-refractivity contribution in [1.29, 1.82) is 0 Å². The average molecular weight is 306 g/mol. The number of benzene rings is 1. The van der Waals surface area contributed by atoms with E-state index in [1.54, 1.807) is 11.8 Å². The van der Waals surface area contributed by atoms with Crippen LogP contribution in [0, 0.1) is 17.0 Å². The summed E-state index contributed by atoms with van der Waals surface area (Å²) in [7, 11) is 3.67. The molecule has 0 radical (unpaired) electrons. The number of anilines is 2. The molecule has 2 N–H and O–H groups in total. The summed E-state index contributed by atoms with van der Waals surface area (Å²) in [5.74, 6) is -0.291. The Labute approximate surface area is 125 Å². The van der Waals surface area contributed by atoms with Gasteiger partial charge >= 0.3 is 0 Å². The maximum Gasteiger partial charge on any atom is 0.292 e. The third-order valence-electron chi connectivity index (χ3n) is 2.86.